The van der Waals surface area contributed by atoms with Crippen molar-refractivity contribution in [3.05, 3.63) is 29.5 Å². The molecule has 1 amide bonds. The Morgan fingerprint density at radius 2 is 2.08 bits per heavy atom. The van der Waals surface area contributed by atoms with E-state index in [9.17, 15) is 9.59 Å². The molecule has 6 heteroatoms. The highest BCUT2D eigenvalue weighted by Gasteiger charge is 2.22. The van der Waals surface area contributed by atoms with Gasteiger partial charge >= 0.3 is 5.97 Å². The van der Waals surface area contributed by atoms with E-state index >= 15 is 0 Å². The van der Waals surface area contributed by atoms with Crippen LogP contribution in [0.15, 0.2) is 18.2 Å². The summed E-state index contributed by atoms with van der Waals surface area (Å²) >= 11 is 0. The molecular weight excluding hydrogens is 308 g/mol. The number of fused-ring (bicyclic) bond motifs is 1. The zero-order chi connectivity index (χ0) is 17.9. The third-order valence-corrected chi connectivity index (χ3v) is 4.06. The zero-order valence-electron chi connectivity index (χ0n) is 14.5. The number of aliphatic carboxylic acids is 1. The van der Waals surface area contributed by atoms with Crippen LogP contribution in [0.4, 0.5) is 0 Å². The van der Waals surface area contributed by atoms with Crippen LogP contribution in [0.25, 0.3) is 10.9 Å². The summed E-state index contributed by atoms with van der Waals surface area (Å²) in [5.74, 6) is -0.507. The second-order valence-corrected chi connectivity index (χ2v) is 5.97. The third kappa shape index (κ3) is 3.53. The van der Waals surface area contributed by atoms with Gasteiger partial charge in [0.05, 0.1) is 19.1 Å². The second kappa shape index (κ2) is 7.38. The summed E-state index contributed by atoms with van der Waals surface area (Å²) in [5.41, 5.74) is 2.43. The van der Waals surface area contributed by atoms with Gasteiger partial charge < -0.3 is 19.7 Å². The first-order valence-corrected chi connectivity index (χ1v) is 8.08. The Labute approximate surface area is 141 Å². The highest BCUT2D eigenvalue weighted by molar-refractivity contribution is 6.09. The molecule has 1 unspecified atom stereocenters. The Hall–Kier alpha value is -2.50. The Balaban J connectivity index is 2.49. The van der Waals surface area contributed by atoms with E-state index < -0.39 is 12.0 Å². The quantitative estimate of drug-likeness (QED) is 0.817. The number of nitrogens with one attached hydrogen (secondary N) is 1. The maximum atomic E-state index is 12.7. The highest BCUT2D eigenvalue weighted by Crippen LogP contribution is 2.29. The summed E-state index contributed by atoms with van der Waals surface area (Å²) in [5, 5.41) is 12.5. The summed E-state index contributed by atoms with van der Waals surface area (Å²) in [4.78, 5) is 23.5. The molecule has 0 aliphatic rings. The predicted octanol–water partition coefficient (Wildman–Crippen LogP) is 2.96. The van der Waals surface area contributed by atoms with Gasteiger partial charge in [-0.3, -0.25) is 9.59 Å². The molecule has 1 aromatic heterocycles. The standard InChI is InChI=1S/C18H24N2O4/c1-5-8-20-12(3)17(18(23)19-11(2)9-16(21)22)14-10-13(24-4)6-7-15(14)20/h6-7,10-11H,5,8-9H2,1-4H3,(H,19,23)(H,21,22). The van der Waals surface area contributed by atoms with Gasteiger partial charge in [0.2, 0.25) is 0 Å². The van der Waals surface area contributed by atoms with Gasteiger partial charge in [-0.25, -0.2) is 0 Å². The van der Waals surface area contributed by atoms with Crippen LogP contribution < -0.4 is 10.1 Å². The lowest BCUT2D eigenvalue weighted by Gasteiger charge is -2.12. The van der Waals surface area contributed by atoms with Gasteiger partial charge in [0.1, 0.15) is 5.75 Å². The number of carbonyl (C=O) groups is 2. The van der Waals surface area contributed by atoms with E-state index in [0.717, 1.165) is 29.6 Å². The molecule has 0 aliphatic heterocycles. The minimum Gasteiger partial charge on any atom is -0.497 e. The Morgan fingerprint density at radius 1 is 1.38 bits per heavy atom. The van der Waals surface area contributed by atoms with Gasteiger partial charge in [-0.1, -0.05) is 6.92 Å². The fourth-order valence-corrected chi connectivity index (χ4v) is 3.00. The van der Waals surface area contributed by atoms with Crippen LogP contribution in [-0.4, -0.2) is 34.7 Å². The number of carboxylic acids is 1. The minimum atomic E-state index is -0.936. The van der Waals surface area contributed by atoms with Crippen LogP contribution in [-0.2, 0) is 11.3 Å². The Kier molecular flexibility index (Phi) is 5.49. The molecule has 1 atom stereocenters. The van der Waals surface area contributed by atoms with Crippen molar-refractivity contribution >= 4 is 22.8 Å². The van der Waals surface area contributed by atoms with Gasteiger partial charge in [-0.2, -0.15) is 0 Å². The van der Waals surface area contributed by atoms with Crippen LogP contribution >= 0.6 is 0 Å². The molecule has 0 spiro atoms. The van der Waals surface area contributed by atoms with E-state index in [2.05, 4.69) is 16.8 Å². The molecule has 130 valence electrons. The number of carbonyl (C=O) groups excluding carboxylic acids is 1. The van der Waals surface area contributed by atoms with Crippen molar-refractivity contribution in [2.45, 2.75) is 46.2 Å². The van der Waals surface area contributed by atoms with Crippen molar-refractivity contribution in [1.29, 1.82) is 0 Å². The summed E-state index contributed by atoms with van der Waals surface area (Å²) in [6, 6.07) is 5.24. The molecule has 0 aliphatic carbocycles. The molecule has 6 nitrogen and oxygen atoms in total. The third-order valence-electron chi connectivity index (χ3n) is 4.06. The fourth-order valence-electron chi connectivity index (χ4n) is 3.00. The van der Waals surface area contributed by atoms with Crippen molar-refractivity contribution in [1.82, 2.24) is 9.88 Å². The molecule has 0 saturated heterocycles. The molecule has 2 rings (SSSR count). The first-order chi connectivity index (χ1) is 11.4. The van der Waals surface area contributed by atoms with E-state index in [-0.39, 0.29) is 12.3 Å². The Morgan fingerprint density at radius 3 is 2.67 bits per heavy atom. The van der Waals surface area contributed by atoms with Crippen molar-refractivity contribution in [2.75, 3.05) is 7.11 Å². The Bertz CT molecular complexity index is 764. The molecule has 0 saturated carbocycles. The average Bonchev–Trinajstić information content (AvgIpc) is 2.78. The lowest BCUT2D eigenvalue weighted by Crippen LogP contribution is -2.34. The number of hydrogen-bond acceptors (Lipinski definition) is 3. The van der Waals surface area contributed by atoms with Crippen molar-refractivity contribution in [3.8, 4) is 5.75 Å². The normalized spacial score (nSPS) is 12.2. The molecular formula is C18H24N2O4. The van der Waals surface area contributed by atoms with Gasteiger partial charge in [-0.05, 0) is 38.5 Å². The second-order valence-electron chi connectivity index (χ2n) is 5.97. The number of methoxy groups -OCH3 is 1. The first kappa shape index (κ1) is 17.8. The topological polar surface area (TPSA) is 80.6 Å². The van der Waals surface area contributed by atoms with E-state index in [1.165, 1.54) is 0 Å². The van der Waals surface area contributed by atoms with Crippen LogP contribution in [0.5, 0.6) is 5.75 Å². The maximum absolute atomic E-state index is 12.7. The number of hydrogen-bond donors (Lipinski definition) is 2. The number of amides is 1. The number of rotatable bonds is 7. The van der Waals surface area contributed by atoms with Crippen molar-refractivity contribution < 1.29 is 19.4 Å². The molecule has 0 bridgehead atoms. The zero-order valence-corrected chi connectivity index (χ0v) is 14.5. The lowest BCUT2D eigenvalue weighted by molar-refractivity contribution is -0.137. The van der Waals surface area contributed by atoms with Gasteiger partial charge in [0, 0.05) is 29.2 Å². The number of ether oxygens (including phenoxy) is 1. The molecule has 2 N–H and O–H groups in total. The average molecular weight is 332 g/mol. The highest BCUT2D eigenvalue weighted by atomic mass is 16.5. The summed E-state index contributed by atoms with van der Waals surface area (Å²) in [7, 11) is 1.59. The number of aromatic nitrogens is 1. The SMILES string of the molecule is CCCn1c(C)c(C(=O)NC(C)CC(=O)O)c2cc(OC)ccc21. The van der Waals surface area contributed by atoms with Crippen LogP contribution in [0.1, 0.15) is 42.7 Å². The fraction of sp³-hybridized carbons (Fsp3) is 0.444. The summed E-state index contributed by atoms with van der Waals surface area (Å²) in [6.07, 6.45) is 0.842. The number of aryl methyl sites for hydroxylation is 1. The monoisotopic (exact) mass is 332 g/mol. The number of nitrogens with zero attached hydrogens (tertiary/aromatic N) is 1. The maximum Gasteiger partial charge on any atom is 0.305 e. The molecule has 0 fully saturated rings. The molecule has 2 aromatic rings. The van der Waals surface area contributed by atoms with Crippen LogP contribution in [0.3, 0.4) is 0 Å². The first-order valence-electron chi connectivity index (χ1n) is 8.08. The van der Waals surface area contributed by atoms with Gasteiger partial charge in [0.25, 0.3) is 5.91 Å². The molecule has 0 radical (unpaired) electrons. The number of benzene rings is 1. The summed E-state index contributed by atoms with van der Waals surface area (Å²) < 4.78 is 7.40. The van der Waals surface area contributed by atoms with E-state index in [1.54, 1.807) is 14.0 Å². The van der Waals surface area contributed by atoms with Crippen molar-refractivity contribution in [3.63, 3.8) is 0 Å². The van der Waals surface area contributed by atoms with Gasteiger partial charge in [-0.15, -0.1) is 0 Å². The summed E-state index contributed by atoms with van der Waals surface area (Å²) in [6.45, 7) is 6.50. The molecule has 1 aromatic carbocycles. The predicted molar refractivity (Wildman–Crippen MR) is 92.7 cm³/mol. The smallest absolute Gasteiger partial charge is 0.305 e. The van der Waals surface area contributed by atoms with Crippen LogP contribution in [0, 0.1) is 6.92 Å². The molecule has 1 heterocycles. The number of carboxylic acid groups (broad SMARTS) is 1. The van der Waals surface area contributed by atoms with Crippen molar-refractivity contribution in [2.24, 2.45) is 0 Å². The van der Waals surface area contributed by atoms with E-state index in [1.807, 2.05) is 25.1 Å². The lowest BCUT2D eigenvalue weighted by atomic mass is 10.1. The largest absolute Gasteiger partial charge is 0.497 e. The van der Waals surface area contributed by atoms with E-state index in [4.69, 9.17) is 9.84 Å². The minimum absolute atomic E-state index is 0.109. The van der Waals surface area contributed by atoms with E-state index in [0.29, 0.717) is 11.3 Å². The molecule has 24 heavy (non-hydrogen) atoms. The van der Waals surface area contributed by atoms with Crippen LogP contribution in [0.2, 0.25) is 0 Å². The van der Waals surface area contributed by atoms with Gasteiger partial charge in [0.15, 0.2) is 0 Å².